The zero-order valence-electron chi connectivity index (χ0n) is 11.3. The third-order valence-electron chi connectivity index (χ3n) is 3.42. The summed E-state index contributed by atoms with van der Waals surface area (Å²) in [6, 6.07) is 16.9. The normalized spacial score (nSPS) is 10.7. The Balaban J connectivity index is 2.20. The molecule has 2 nitrogen and oxygen atoms in total. The lowest BCUT2D eigenvalue weighted by molar-refractivity contribution is 1.02. The van der Waals surface area contributed by atoms with Crippen molar-refractivity contribution < 1.29 is 0 Å². The standard InChI is InChI=1S/C17H15BrN2/c1-2-20(17-10-11-19-12-15(17)18)16-9-5-7-13-6-3-4-8-14(13)16/h3-12H,2H2,1H3. The maximum atomic E-state index is 4.14. The molecule has 3 rings (SSSR count). The Labute approximate surface area is 127 Å². The van der Waals surface area contributed by atoms with E-state index in [9.17, 15) is 0 Å². The van der Waals surface area contributed by atoms with E-state index >= 15 is 0 Å². The van der Waals surface area contributed by atoms with E-state index in [1.165, 1.54) is 16.5 Å². The lowest BCUT2D eigenvalue weighted by Crippen LogP contribution is -2.16. The van der Waals surface area contributed by atoms with Crippen molar-refractivity contribution in [3.63, 3.8) is 0 Å². The maximum absolute atomic E-state index is 4.14. The number of aromatic nitrogens is 1. The molecule has 3 heteroatoms. The first kappa shape index (κ1) is 13.1. The van der Waals surface area contributed by atoms with E-state index in [4.69, 9.17) is 0 Å². The minimum Gasteiger partial charge on any atom is -0.340 e. The molecule has 1 heterocycles. The number of halogens is 1. The second kappa shape index (κ2) is 5.63. The molecule has 100 valence electrons. The van der Waals surface area contributed by atoms with Crippen molar-refractivity contribution in [1.29, 1.82) is 0 Å². The van der Waals surface area contributed by atoms with Gasteiger partial charge >= 0.3 is 0 Å². The number of rotatable bonds is 3. The fraction of sp³-hybridized carbons (Fsp3) is 0.118. The van der Waals surface area contributed by atoms with Crippen molar-refractivity contribution in [1.82, 2.24) is 4.98 Å². The number of pyridine rings is 1. The largest absolute Gasteiger partial charge is 0.340 e. The summed E-state index contributed by atoms with van der Waals surface area (Å²) in [4.78, 5) is 6.44. The van der Waals surface area contributed by atoms with Crippen LogP contribution in [0.25, 0.3) is 10.8 Å². The summed E-state index contributed by atoms with van der Waals surface area (Å²) in [5.41, 5.74) is 2.36. The third-order valence-corrected chi connectivity index (χ3v) is 4.03. The van der Waals surface area contributed by atoms with Gasteiger partial charge in [-0.1, -0.05) is 36.4 Å². The summed E-state index contributed by atoms with van der Waals surface area (Å²) in [5, 5.41) is 2.52. The first-order valence-electron chi connectivity index (χ1n) is 6.66. The average molecular weight is 327 g/mol. The third kappa shape index (κ3) is 2.29. The Bertz CT molecular complexity index is 734. The number of fused-ring (bicyclic) bond motifs is 1. The first-order chi connectivity index (χ1) is 9.81. The number of nitrogens with zero attached hydrogens (tertiary/aromatic N) is 2. The summed E-state index contributed by atoms with van der Waals surface area (Å²) in [6.07, 6.45) is 3.66. The monoisotopic (exact) mass is 326 g/mol. The van der Waals surface area contributed by atoms with Crippen molar-refractivity contribution in [3.05, 3.63) is 65.4 Å². The molecule has 0 aliphatic rings. The number of hydrogen-bond acceptors (Lipinski definition) is 2. The molecule has 1 aromatic heterocycles. The topological polar surface area (TPSA) is 16.1 Å². The van der Waals surface area contributed by atoms with E-state index in [1.54, 1.807) is 0 Å². The van der Waals surface area contributed by atoms with E-state index in [0.717, 1.165) is 16.7 Å². The van der Waals surface area contributed by atoms with Crippen LogP contribution in [0.3, 0.4) is 0 Å². The molecular formula is C17H15BrN2. The van der Waals surface area contributed by atoms with Crippen LogP contribution in [-0.4, -0.2) is 11.5 Å². The SMILES string of the molecule is CCN(c1ccncc1Br)c1cccc2ccccc12. The highest BCUT2D eigenvalue weighted by atomic mass is 79.9. The predicted octanol–water partition coefficient (Wildman–Crippen LogP) is 5.16. The van der Waals surface area contributed by atoms with Gasteiger partial charge in [-0.3, -0.25) is 4.98 Å². The van der Waals surface area contributed by atoms with Crippen molar-refractivity contribution in [3.8, 4) is 0 Å². The van der Waals surface area contributed by atoms with Crippen LogP contribution in [-0.2, 0) is 0 Å². The lowest BCUT2D eigenvalue weighted by Gasteiger charge is -2.25. The molecule has 2 aromatic carbocycles. The van der Waals surface area contributed by atoms with Gasteiger partial charge in [-0.05, 0) is 40.4 Å². The summed E-state index contributed by atoms with van der Waals surface area (Å²) >= 11 is 3.59. The van der Waals surface area contributed by atoms with Crippen LogP contribution >= 0.6 is 15.9 Å². The van der Waals surface area contributed by atoms with E-state index in [0.29, 0.717) is 0 Å². The van der Waals surface area contributed by atoms with Gasteiger partial charge in [-0.2, -0.15) is 0 Å². The van der Waals surface area contributed by atoms with Gasteiger partial charge in [0, 0.05) is 30.0 Å². The number of benzene rings is 2. The molecule has 0 bridgehead atoms. The van der Waals surface area contributed by atoms with E-state index in [1.807, 2.05) is 18.5 Å². The van der Waals surface area contributed by atoms with E-state index in [2.05, 4.69) is 75.2 Å². The molecule has 0 saturated carbocycles. The highest BCUT2D eigenvalue weighted by Crippen LogP contribution is 2.35. The molecule has 3 aromatic rings. The van der Waals surface area contributed by atoms with E-state index < -0.39 is 0 Å². The summed E-state index contributed by atoms with van der Waals surface area (Å²) in [5.74, 6) is 0. The molecule has 20 heavy (non-hydrogen) atoms. The molecule has 0 spiro atoms. The summed E-state index contributed by atoms with van der Waals surface area (Å²) in [7, 11) is 0. The average Bonchev–Trinajstić information content (AvgIpc) is 2.50. The molecular weight excluding hydrogens is 312 g/mol. The number of anilines is 2. The molecule has 0 fully saturated rings. The van der Waals surface area contributed by atoms with Gasteiger partial charge in [0.2, 0.25) is 0 Å². The van der Waals surface area contributed by atoms with Gasteiger partial charge < -0.3 is 4.90 Å². The Kier molecular flexibility index (Phi) is 3.70. The van der Waals surface area contributed by atoms with E-state index in [-0.39, 0.29) is 0 Å². The predicted molar refractivity (Wildman–Crippen MR) is 88.6 cm³/mol. The second-order valence-corrected chi connectivity index (χ2v) is 5.42. The van der Waals surface area contributed by atoms with Gasteiger partial charge in [-0.15, -0.1) is 0 Å². The zero-order valence-corrected chi connectivity index (χ0v) is 12.8. The summed E-state index contributed by atoms with van der Waals surface area (Å²) in [6.45, 7) is 3.06. The van der Waals surface area contributed by atoms with Crippen molar-refractivity contribution >= 4 is 38.1 Å². The molecule has 0 aliphatic carbocycles. The second-order valence-electron chi connectivity index (χ2n) is 4.57. The molecule has 0 atom stereocenters. The number of hydrogen-bond donors (Lipinski definition) is 0. The molecule has 0 unspecified atom stereocenters. The van der Waals surface area contributed by atoms with Crippen molar-refractivity contribution in [2.24, 2.45) is 0 Å². The smallest absolute Gasteiger partial charge is 0.0595 e. The van der Waals surface area contributed by atoms with Crippen LogP contribution in [0.4, 0.5) is 11.4 Å². The fourth-order valence-electron chi connectivity index (χ4n) is 2.50. The van der Waals surface area contributed by atoms with Crippen LogP contribution in [0.2, 0.25) is 0 Å². The van der Waals surface area contributed by atoms with Crippen LogP contribution < -0.4 is 4.90 Å². The Morgan fingerprint density at radius 3 is 2.60 bits per heavy atom. The zero-order chi connectivity index (χ0) is 13.9. The van der Waals surface area contributed by atoms with Gasteiger partial charge in [0.25, 0.3) is 0 Å². The molecule has 0 radical (unpaired) electrons. The van der Waals surface area contributed by atoms with Crippen molar-refractivity contribution in [2.75, 3.05) is 11.4 Å². The minimum atomic E-state index is 0.899. The highest BCUT2D eigenvalue weighted by Gasteiger charge is 2.12. The van der Waals surface area contributed by atoms with Crippen LogP contribution in [0, 0.1) is 0 Å². The maximum Gasteiger partial charge on any atom is 0.0595 e. The van der Waals surface area contributed by atoms with Gasteiger partial charge in [-0.25, -0.2) is 0 Å². The van der Waals surface area contributed by atoms with Crippen molar-refractivity contribution in [2.45, 2.75) is 6.92 Å². The van der Waals surface area contributed by atoms with Gasteiger partial charge in [0.05, 0.1) is 10.2 Å². The fourth-order valence-corrected chi connectivity index (χ4v) is 2.97. The first-order valence-corrected chi connectivity index (χ1v) is 7.45. The minimum absolute atomic E-state index is 0.899. The highest BCUT2D eigenvalue weighted by molar-refractivity contribution is 9.10. The molecule has 0 saturated heterocycles. The molecule has 0 amide bonds. The molecule has 0 aliphatic heterocycles. The van der Waals surface area contributed by atoms with Gasteiger partial charge in [0.1, 0.15) is 0 Å². The van der Waals surface area contributed by atoms with Gasteiger partial charge in [0.15, 0.2) is 0 Å². The summed E-state index contributed by atoms with van der Waals surface area (Å²) < 4.78 is 1.01. The van der Waals surface area contributed by atoms with Crippen LogP contribution in [0.15, 0.2) is 65.4 Å². The quantitative estimate of drug-likeness (QED) is 0.661. The Morgan fingerprint density at radius 2 is 1.80 bits per heavy atom. The Morgan fingerprint density at radius 1 is 1.00 bits per heavy atom. The Hall–Kier alpha value is -1.87. The lowest BCUT2D eigenvalue weighted by atomic mass is 10.1. The molecule has 0 N–H and O–H groups in total. The van der Waals surface area contributed by atoms with Crippen LogP contribution in [0.1, 0.15) is 6.92 Å². The van der Waals surface area contributed by atoms with Crippen LogP contribution in [0.5, 0.6) is 0 Å².